The first-order valence-electron chi connectivity index (χ1n) is 10.0. The van der Waals surface area contributed by atoms with Gasteiger partial charge in [-0.15, -0.1) is 11.8 Å². The highest BCUT2D eigenvalue weighted by Gasteiger charge is 2.26. The summed E-state index contributed by atoms with van der Waals surface area (Å²) in [7, 11) is 0. The number of carbonyl (C=O) groups excluding carboxylic acids is 1. The number of hydrogen-bond acceptors (Lipinski definition) is 3. The van der Waals surface area contributed by atoms with E-state index in [2.05, 4.69) is 77.3 Å². The van der Waals surface area contributed by atoms with Crippen LogP contribution in [0.25, 0.3) is 4.91 Å². The van der Waals surface area contributed by atoms with E-state index in [-0.39, 0.29) is 5.25 Å². The van der Waals surface area contributed by atoms with Crippen molar-refractivity contribution in [3.05, 3.63) is 125 Å². The highest BCUT2D eigenvalue weighted by molar-refractivity contribution is 8.08. The summed E-state index contributed by atoms with van der Waals surface area (Å²) in [6, 6.07) is 30.6. The predicted molar refractivity (Wildman–Crippen MR) is 130 cm³/mol. The normalized spacial score (nSPS) is 16.3. The zero-order valence-electron chi connectivity index (χ0n) is 16.9. The van der Waals surface area contributed by atoms with Gasteiger partial charge in [0.2, 0.25) is 0 Å². The molecule has 0 unspecified atom stereocenters. The second kappa shape index (κ2) is 9.96. The van der Waals surface area contributed by atoms with Crippen LogP contribution in [0.2, 0.25) is 0 Å². The minimum atomic E-state index is -0.683. The van der Waals surface area contributed by atoms with Crippen molar-refractivity contribution >= 4 is 28.9 Å². The molecule has 31 heavy (non-hydrogen) atoms. The second-order valence-electron chi connectivity index (χ2n) is 7.17. The first-order chi connectivity index (χ1) is 15.2. The van der Waals surface area contributed by atoms with Crippen LogP contribution in [0.5, 0.6) is 0 Å². The maximum atomic E-state index is 11.1. The molecular weight excluding hydrogens is 402 g/mol. The standard InChI is InChI=1S/C26H23N3OS/c27-26(30)29-28-18-23-17-22(16-19-10-4-1-5-11-19)24(20-12-6-2-7-13-20)31-25(23)21-14-8-3-9-15-21/h1-15,17-18,24H,16H2,(H3,27,29,30)/t24-/m0/s1. The number of amides is 2. The molecule has 0 fully saturated rings. The van der Waals surface area contributed by atoms with Crippen LogP contribution < -0.4 is 11.2 Å². The summed E-state index contributed by atoms with van der Waals surface area (Å²) < 4.78 is 0. The molecule has 1 atom stereocenters. The molecule has 3 aromatic carbocycles. The number of hydrazone groups is 1. The minimum Gasteiger partial charge on any atom is -0.350 e. The van der Waals surface area contributed by atoms with Gasteiger partial charge in [0.15, 0.2) is 0 Å². The molecule has 154 valence electrons. The van der Waals surface area contributed by atoms with Gasteiger partial charge >= 0.3 is 6.03 Å². The number of nitrogens with zero attached hydrogens (tertiary/aromatic N) is 1. The lowest BCUT2D eigenvalue weighted by Gasteiger charge is -2.28. The molecule has 2 amide bonds. The summed E-state index contributed by atoms with van der Waals surface area (Å²) in [5.74, 6) is 0. The van der Waals surface area contributed by atoms with Crippen LogP contribution in [0.15, 0.2) is 113 Å². The Morgan fingerprint density at radius 3 is 2.19 bits per heavy atom. The molecule has 5 heteroatoms. The summed E-state index contributed by atoms with van der Waals surface area (Å²) in [5.41, 5.74) is 13.3. The Kier molecular flexibility index (Phi) is 6.65. The number of primary amides is 1. The lowest BCUT2D eigenvalue weighted by atomic mass is 9.95. The number of hydrogen-bond donors (Lipinski definition) is 2. The zero-order valence-corrected chi connectivity index (χ0v) is 17.8. The maximum Gasteiger partial charge on any atom is 0.332 e. The number of urea groups is 1. The number of allylic oxidation sites excluding steroid dienone is 2. The van der Waals surface area contributed by atoms with E-state index >= 15 is 0 Å². The van der Waals surface area contributed by atoms with Gasteiger partial charge < -0.3 is 5.73 Å². The van der Waals surface area contributed by atoms with Crippen molar-refractivity contribution < 1.29 is 4.79 Å². The number of benzene rings is 3. The molecule has 1 aliphatic heterocycles. The molecule has 0 saturated carbocycles. The quantitative estimate of drug-likeness (QED) is 0.392. The Hall–Kier alpha value is -3.57. The van der Waals surface area contributed by atoms with Crippen molar-refractivity contribution in [1.29, 1.82) is 0 Å². The van der Waals surface area contributed by atoms with Gasteiger partial charge in [-0.3, -0.25) is 0 Å². The Bertz CT molecular complexity index is 1120. The molecule has 0 aromatic heterocycles. The largest absolute Gasteiger partial charge is 0.350 e. The molecule has 0 bridgehead atoms. The Morgan fingerprint density at radius 2 is 1.55 bits per heavy atom. The predicted octanol–water partition coefficient (Wildman–Crippen LogP) is 5.71. The van der Waals surface area contributed by atoms with Gasteiger partial charge in [-0.1, -0.05) is 97.1 Å². The van der Waals surface area contributed by atoms with Crippen LogP contribution in [0.1, 0.15) is 21.9 Å². The molecule has 0 aliphatic carbocycles. The summed E-state index contributed by atoms with van der Waals surface area (Å²) in [4.78, 5) is 12.2. The average molecular weight is 426 g/mol. The van der Waals surface area contributed by atoms with Crippen molar-refractivity contribution in [3.8, 4) is 0 Å². The summed E-state index contributed by atoms with van der Waals surface area (Å²) in [6.07, 6.45) is 4.69. The second-order valence-corrected chi connectivity index (χ2v) is 8.29. The Labute approximate surface area is 186 Å². The summed E-state index contributed by atoms with van der Waals surface area (Å²) in [5, 5.41) is 4.22. The van der Waals surface area contributed by atoms with Crippen molar-refractivity contribution in [3.63, 3.8) is 0 Å². The molecule has 3 N–H and O–H groups in total. The van der Waals surface area contributed by atoms with E-state index in [0.717, 1.165) is 22.5 Å². The third kappa shape index (κ3) is 5.32. The molecular formula is C26H23N3OS. The highest BCUT2D eigenvalue weighted by atomic mass is 32.2. The number of carbonyl (C=O) groups is 1. The first kappa shape index (κ1) is 20.7. The molecule has 3 aromatic rings. The topological polar surface area (TPSA) is 67.5 Å². The molecule has 4 nitrogen and oxygen atoms in total. The third-order valence-electron chi connectivity index (χ3n) is 4.94. The van der Waals surface area contributed by atoms with Gasteiger partial charge in [-0.2, -0.15) is 5.10 Å². The molecule has 0 radical (unpaired) electrons. The van der Waals surface area contributed by atoms with E-state index in [0.29, 0.717) is 0 Å². The number of nitrogens with one attached hydrogen (secondary N) is 1. The first-order valence-corrected chi connectivity index (χ1v) is 10.9. The van der Waals surface area contributed by atoms with E-state index in [1.807, 2.05) is 42.1 Å². The van der Waals surface area contributed by atoms with Crippen LogP contribution in [0, 0.1) is 0 Å². The van der Waals surface area contributed by atoms with Crippen LogP contribution in [0.4, 0.5) is 4.79 Å². The van der Waals surface area contributed by atoms with E-state index in [1.165, 1.54) is 16.7 Å². The Balaban J connectivity index is 1.80. The fourth-order valence-corrected chi connectivity index (χ4v) is 4.92. The van der Waals surface area contributed by atoms with E-state index < -0.39 is 6.03 Å². The highest BCUT2D eigenvalue weighted by Crippen LogP contribution is 2.49. The molecule has 1 aliphatic rings. The number of rotatable bonds is 6. The molecule has 4 rings (SSSR count). The van der Waals surface area contributed by atoms with Crippen LogP contribution in [-0.2, 0) is 6.42 Å². The van der Waals surface area contributed by atoms with Gasteiger partial charge in [0, 0.05) is 10.5 Å². The number of thioether (sulfide) groups is 1. The zero-order chi connectivity index (χ0) is 21.5. The number of nitrogens with two attached hydrogens (primary N) is 1. The fraction of sp³-hybridized carbons (Fsp3) is 0.0769. The monoisotopic (exact) mass is 425 g/mol. The van der Waals surface area contributed by atoms with Crippen LogP contribution in [0.3, 0.4) is 0 Å². The van der Waals surface area contributed by atoms with Gasteiger partial charge in [-0.05, 0) is 28.7 Å². The molecule has 1 heterocycles. The van der Waals surface area contributed by atoms with Gasteiger partial charge in [-0.25, -0.2) is 10.2 Å². The lowest BCUT2D eigenvalue weighted by Crippen LogP contribution is -2.24. The molecule has 0 saturated heterocycles. The van der Waals surface area contributed by atoms with Crippen LogP contribution >= 0.6 is 11.8 Å². The van der Waals surface area contributed by atoms with Gasteiger partial charge in [0.05, 0.1) is 11.5 Å². The third-order valence-corrected chi connectivity index (χ3v) is 6.46. The molecule has 0 spiro atoms. The maximum absolute atomic E-state index is 11.1. The van der Waals surface area contributed by atoms with Crippen molar-refractivity contribution in [2.24, 2.45) is 10.8 Å². The summed E-state index contributed by atoms with van der Waals surface area (Å²) >= 11 is 1.81. The summed E-state index contributed by atoms with van der Waals surface area (Å²) in [6.45, 7) is 0. The van der Waals surface area contributed by atoms with Gasteiger partial charge in [0.1, 0.15) is 0 Å². The SMILES string of the molecule is NC(=O)NN=CC1=C(c2ccccc2)S[C@@H](c2ccccc2)C(Cc2ccccc2)=C1. The average Bonchev–Trinajstić information content (AvgIpc) is 2.81. The smallest absolute Gasteiger partial charge is 0.332 e. The van der Waals surface area contributed by atoms with Gasteiger partial charge in [0.25, 0.3) is 0 Å². The lowest BCUT2D eigenvalue weighted by molar-refractivity contribution is 0.249. The van der Waals surface area contributed by atoms with Crippen molar-refractivity contribution in [2.45, 2.75) is 11.7 Å². The van der Waals surface area contributed by atoms with Crippen LogP contribution in [-0.4, -0.2) is 12.2 Å². The Morgan fingerprint density at radius 1 is 0.935 bits per heavy atom. The van der Waals surface area contributed by atoms with Crippen molar-refractivity contribution in [2.75, 3.05) is 0 Å². The van der Waals surface area contributed by atoms with Crippen molar-refractivity contribution in [1.82, 2.24) is 5.43 Å². The van der Waals surface area contributed by atoms with E-state index in [1.54, 1.807) is 6.21 Å². The fourth-order valence-electron chi connectivity index (χ4n) is 3.57. The minimum absolute atomic E-state index is 0.179. The van der Waals surface area contributed by atoms with E-state index in [4.69, 9.17) is 5.73 Å². The van der Waals surface area contributed by atoms with E-state index in [9.17, 15) is 4.79 Å².